The van der Waals surface area contributed by atoms with Gasteiger partial charge in [-0.05, 0) is 57.8 Å². The summed E-state index contributed by atoms with van der Waals surface area (Å²) in [4.78, 5) is 0. The fourth-order valence-corrected chi connectivity index (χ4v) is 2.38. The van der Waals surface area contributed by atoms with E-state index in [2.05, 4.69) is 40.7 Å². The van der Waals surface area contributed by atoms with Crippen LogP contribution >= 0.6 is 0 Å². The highest BCUT2D eigenvalue weighted by Gasteiger charge is 2.52. The molecule has 18 heavy (non-hydrogen) atoms. The van der Waals surface area contributed by atoms with E-state index in [0.717, 1.165) is 19.3 Å². The highest BCUT2D eigenvalue weighted by atomic mass is 16.7. The van der Waals surface area contributed by atoms with Gasteiger partial charge in [-0.15, -0.1) is 0 Å². The van der Waals surface area contributed by atoms with E-state index in [1.54, 1.807) is 0 Å². The average molecular weight is 252 g/mol. The summed E-state index contributed by atoms with van der Waals surface area (Å²) in [6, 6.07) is 0. The summed E-state index contributed by atoms with van der Waals surface area (Å²) in [5, 5.41) is 9.38. The highest BCUT2D eigenvalue weighted by Crippen LogP contribution is 2.42. The van der Waals surface area contributed by atoms with Crippen LogP contribution < -0.4 is 0 Å². The van der Waals surface area contributed by atoms with E-state index in [0.29, 0.717) is 0 Å². The van der Waals surface area contributed by atoms with Gasteiger partial charge >= 0.3 is 7.12 Å². The molecule has 0 radical (unpaired) electrons. The minimum atomic E-state index is -0.268. The monoisotopic (exact) mass is 252 g/mol. The number of hydrogen-bond acceptors (Lipinski definition) is 3. The first-order valence-electron chi connectivity index (χ1n) is 6.85. The quantitative estimate of drug-likeness (QED) is 0.768. The lowest BCUT2D eigenvalue weighted by Crippen LogP contribution is -2.41. The van der Waals surface area contributed by atoms with Gasteiger partial charge in [-0.2, -0.15) is 0 Å². The van der Waals surface area contributed by atoms with Gasteiger partial charge in [-0.1, -0.05) is 13.0 Å². The van der Waals surface area contributed by atoms with Crippen LogP contribution in [0, 0.1) is 5.41 Å². The Morgan fingerprint density at radius 3 is 2.11 bits per heavy atom. The molecule has 102 valence electrons. The van der Waals surface area contributed by atoms with Gasteiger partial charge in [-0.25, -0.2) is 0 Å². The van der Waals surface area contributed by atoms with Gasteiger partial charge in [0.1, 0.15) is 0 Å². The summed E-state index contributed by atoms with van der Waals surface area (Å²) >= 11 is 0. The fraction of sp³-hybridized carbons (Fsp3) is 0.857. The van der Waals surface area contributed by atoms with E-state index in [9.17, 15) is 5.11 Å². The van der Waals surface area contributed by atoms with Crippen LogP contribution in [-0.4, -0.2) is 30.0 Å². The van der Waals surface area contributed by atoms with Crippen molar-refractivity contribution in [1.29, 1.82) is 0 Å². The number of rotatable bonds is 2. The number of aliphatic hydroxyl groups excluding tert-OH is 1. The molecule has 0 aromatic heterocycles. The molecule has 0 spiro atoms. The van der Waals surface area contributed by atoms with Crippen molar-refractivity contribution in [2.75, 3.05) is 6.61 Å². The van der Waals surface area contributed by atoms with Gasteiger partial charge < -0.3 is 14.4 Å². The smallest absolute Gasteiger partial charge is 0.400 e. The lowest BCUT2D eigenvalue weighted by molar-refractivity contribution is 0.00578. The Hall–Kier alpha value is -0.315. The van der Waals surface area contributed by atoms with Crippen molar-refractivity contribution in [3.63, 3.8) is 0 Å². The molecule has 1 saturated heterocycles. The van der Waals surface area contributed by atoms with Crippen molar-refractivity contribution < 1.29 is 14.4 Å². The lowest BCUT2D eigenvalue weighted by atomic mass is 9.66. The molecular weight excluding hydrogens is 227 g/mol. The minimum absolute atomic E-state index is 0.0349. The Kier molecular flexibility index (Phi) is 3.42. The molecule has 1 aliphatic heterocycles. The van der Waals surface area contributed by atoms with E-state index in [1.165, 1.54) is 5.47 Å². The fourth-order valence-electron chi connectivity index (χ4n) is 2.38. The number of allylic oxidation sites excluding steroid dienone is 2. The van der Waals surface area contributed by atoms with E-state index < -0.39 is 0 Å². The van der Waals surface area contributed by atoms with Crippen LogP contribution in [0.4, 0.5) is 0 Å². The summed E-state index contributed by atoms with van der Waals surface area (Å²) in [5.41, 5.74) is 0.735. The third kappa shape index (κ3) is 2.38. The molecular formula is C14H25BO3. The molecule has 1 unspecified atom stereocenters. The molecule has 1 atom stereocenters. The third-order valence-electron chi connectivity index (χ3n) is 4.81. The lowest BCUT2D eigenvalue weighted by Gasteiger charge is -2.32. The van der Waals surface area contributed by atoms with E-state index >= 15 is 0 Å². The third-order valence-corrected chi connectivity index (χ3v) is 4.81. The van der Waals surface area contributed by atoms with Gasteiger partial charge in [0.15, 0.2) is 0 Å². The van der Waals surface area contributed by atoms with Crippen molar-refractivity contribution in [1.82, 2.24) is 0 Å². The van der Waals surface area contributed by atoms with Crippen molar-refractivity contribution in [2.45, 2.75) is 65.1 Å². The molecule has 0 saturated carbocycles. The second-order valence-electron chi connectivity index (χ2n) is 7.04. The number of hydrogen-bond donors (Lipinski definition) is 1. The largest absolute Gasteiger partial charge is 0.490 e. The van der Waals surface area contributed by atoms with Gasteiger partial charge in [-0.3, -0.25) is 0 Å². The Labute approximate surface area is 111 Å². The zero-order valence-corrected chi connectivity index (χ0v) is 12.2. The molecule has 3 nitrogen and oxygen atoms in total. The van der Waals surface area contributed by atoms with Crippen molar-refractivity contribution in [3.8, 4) is 0 Å². The maximum atomic E-state index is 9.38. The van der Waals surface area contributed by atoms with Crippen LogP contribution in [0.25, 0.3) is 0 Å². The topological polar surface area (TPSA) is 38.7 Å². The maximum absolute atomic E-state index is 9.38. The predicted molar refractivity (Wildman–Crippen MR) is 73.2 cm³/mol. The van der Waals surface area contributed by atoms with Gasteiger partial charge in [0, 0.05) is 6.61 Å². The molecule has 2 rings (SSSR count). The molecule has 1 heterocycles. The summed E-state index contributed by atoms with van der Waals surface area (Å²) in [6.07, 6.45) is 5.05. The van der Waals surface area contributed by atoms with Crippen LogP contribution in [0.2, 0.25) is 0 Å². The molecule has 0 amide bonds. The standard InChI is InChI=1S/C14H25BO3/c1-12(2)13(3,4)18-15(17-12)11-6-8-14(5,10-16)9-7-11/h6,16H,7-10H2,1-5H3. The van der Waals surface area contributed by atoms with Gasteiger partial charge in [0.05, 0.1) is 11.2 Å². The molecule has 1 fully saturated rings. The molecule has 2 aliphatic rings. The average Bonchev–Trinajstić information content (AvgIpc) is 2.49. The minimum Gasteiger partial charge on any atom is -0.400 e. The predicted octanol–water partition coefficient (Wildman–Crippen LogP) is 2.73. The van der Waals surface area contributed by atoms with Crippen molar-refractivity contribution in [3.05, 3.63) is 11.5 Å². The van der Waals surface area contributed by atoms with E-state index in [4.69, 9.17) is 9.31 Å². The molecule has 0 aromatic rings. The maximum Gasteiger partial charge on any atom is 0.490 e. The summed E-state index contributed by atoms with van der Waals surface area (Å²) < 4.78 is 12.1. The van der Waals surface area contributed by atoms with Gasteiger partial charge in [0.25, 0.3) is 0 Å². The molecule has 0 bridgehead atoms. The SMILES string of the molecule is CC1(CO)CC=C(B2OC(C)(C)C(C)(C)O2)CC1. The first-order valence-corrected chi connectivity index (χ1v) is 6.85. The van der Waals surface area contributed by atoms with E-state index in [1.807, 2.05) is 0 Å². The first-order chi connectivity index (χ1) is 8.19. The Balaban J connectivity index is 2.08. The zero-order chi connectivity index (χ0) is 13.6. The van der Waals surface area contributed by atoms with Crippen LogP contribution in [0.1, 0.15) is 53.9 Å². The second-order valence-corrected chi connectivity index (χ2v) is 7.04. The summed E-state index contributed by atoms with van der Waals surface area (Å²) in [5.74, 6) is 0. The molecule has 1 N–H and O–H groups in total. The van der Waals surface area contributed by atoms with Gasteiger partial charge in [0.2, 0.25) is 0 Å². The molecule has 1 aliphatic carbocycles. The molecule has 4 heteroatoms. The van der Waals surface area contributed by atoms with Crippen molar-refractivity contribution >= 4 is 7.12 Å². The molecule has 0 aromatic carbocycles. The summed E-state index contributed by atoms with van der Waals surface area (Å²) in [6.45, 7) is 10.7. The second kappa shape index (κ2) is 4.36. The van der Waals surface area contributed by atoms with Crippen LogP contribution in [0.5, 0.6) is 0 Å². The van der Waals surface area contributed by atoms with Crippen LogP contribution in [0.15, 0.2) is 11.5 Å². The van der Waals surface area contributed by atoms with Crippen LogP contribution in [-0.2, 0) is 9.31 Å². The normalized spacial score (nSPS) is 34.6. The Bertz CT molecular complexity index is 346. The van der Waals surface area contributed by atoms with Crippen LogP contribution in [0.3, 0.4) is 0 Å². The Morgan fingerprint density at radius 2 is 1.72 bits per heavy atom. The summed E-state index contributed by atoms with van der Waals surface area (Å²) in [7, 11) is -0.210. The Morgan fingerprint density at radius 1 is 1.17 bits per heavy atom. The first kappa shape index (κ1) is 14.1. The van der Waals surface area contributed by atoms with Crippen molar-refractivity contribution in [2.24, 2.45) is 5.41 Å². The number of aliphatic hydroxyl groups is 1. The highest BCUT2D eigenvalue weighted by molar-refractivity contribution is 6.54. The van der Waals surface area contributed by atoms with E-state index in [-0.39, 0.29) is 30.3 Å². The zero-order valence-electron chi connectivity index (χ0n) is 12.2.